The number of carboxylic acids is 1. The monoisotopic (exact) mass is 528 g/mol. The van der Waals surface area contributed by atoms with Gasteiger partial charge in [-0.3, -0.25) is 9.52 Å². The van der Waals surface area contributed by atoms with E-state index in [1.54, 1.807) is 48.5 Å². The maximum atomic E-state index is 12.9. The van der Waals surface area contributed by atoms with E-state index in [4.69, 9.17) is 28.3 Å². The maximum absolute atomic E-state index is 12.9. The molecule has 0 fully saturated rings. The minimum atomic E-state index is -3.96. The second-order valence-electron chi connectivity index (χ2n) is 7.64. The first kappa shape index (κ1) is 24.5. The molecule has 3 N–H and O–H groups in total. The highest BCUT2D eigenvalue weighted by Gasteiger charge is 2.17. The summed E-state index contributed by atoms with van der Waals surface area (Å²) >= 11 is 11.9. The molecule has 0 atom stereocenters. The summed E-state index contributed by atoms with van der Waals surface area (Å²) in [6, 6.07) is 20.2. The fourth-order valence-corrected chi connectivity index (χ4v) is 5.26. The quantitative estimate of drug-likeness (QED) is 0.290. The van der Waals surface area contributed by atoms with Gasteiger partial charge in [0.1, 0.15) is 0 Å². The number of rotatable bonds is 7. The molecule has 10 heteroatoms. The Labute approximate surface area is 211 Å². The number of anilines is 1. The van der Waals surface area contributed by atoms with Gasteiger partial charge in [0.05, 0.1) is 16.1 Å². The Morgan fingerprint density at radius 1 is 0.829 bits per heavy atom. The first-order chi connectivity index (χ1) is 16.6. The second-order valence-corrected chi connectivity index (χ2v) is 10.2. The molecule has 0 radical (unpaired) electrons. The van der Waals surface area contributed by atoms with Gasteiger partial charge in [-0.1, -0.05) is 53.5 Å². The van der Waals surface area contributed by atoms with Gasteiger partial charge in [-0.25, -0.2) is 13.2 Å². The Bertz CT molecular complexity index is 1530. The summed E-state index contributed by atoms with van der Waals surface area (Å²) in [6.07, 6.45) is 0. The molecule has 0 aliphatic rings. The van der Waals surface area contributed by atoms with Crippen LogP contribution in [0, 0.1) is 0 Å². The van der Waals surface area contributed by atoms with Crippen molar-refractivity contribution in [2.75, 3.05) is 4.72 Å². The zero-order valence-corrected chi connectivity index (χ0v) is 20.3. The van der Waals surface area contributed by atoms with E-state index >= 15 is 0 Å². The summed E-state index contributed by atoms with van der Waals surface area (Å²) in [5.74, 6) is -1.34. The van der Waals surface area contributed by atoms with Crippen LogP contribution in [0.1, 0.15) is 26.3 Å². The van der Waals surface area contributed by atoms with E-state index in [1.807, 2.05) is 0 Å². The van der Waals surface area contributed by atoms with Crippen molar-refractivity contribution in [1.29, 1.82) is 0 Å². The lowest BCUT2D eigenvalue weighted by atomic mass is 10.0. The standard InChI is InChI=1S/C25H18Cl2N2O5S/c26-19-11-20(27)13-21(12-19)35(33,34)29-23-3-1-2-17-10-18(8-9-22(17)23)24(30)28-14-15-4-6-16(7-5-15)25(31)32/h1-13,29H,14H2,(H,28,30)(H,31,32). The number of fused-ring (bicyclic) bond motifs is 1. The van der Waals surface area contributed by atoms with Gasteiger partial charge in [-0.05, 0) is 59.5 Å². The van der Waals surface area contributed by atoms with Crippen LogP contribution in [0.2, 0.25) is 10.0 Å². The molecule has 0 bridgehead atoms. The number of halogens is 2. The summed E-state index contributed by atoms with van der Waals surface area (Å²) in [6.45, 7) is 0.221. The smallest absolute Gasteiger partial charge is 0.335 e. The predicted octanol–water partition coefficient (Wildman–Crippen LogP) is 5.58. The number of sulfonamides is 1. The molecule has 4 rings (SSSR count). The van der Waals surface area contributed by atoms with Crippen LogP contribution in [-0.2, 0) is 16.6 Å². The topological polar surface area (TPSA) is 113 Å². The zero-order valence-electron chi connectivity index (χ0n) is 18.0. The SMILES string of the molecule is O=C(O)c1ccc(CNC(=O)c2ccc3c(NS(=O)(=O)c4cc(Cl)cc(Cl)c4)cccc3c2)cc1. The molecule has 4 aromatic carbocycles. The van der Waals surface area contributed by atoms with Gasteiger partial charge < -0.3 is 10.4 Å². The largest absolute Gasteiger partial charge is 0.478 e. The molecule has 0 unspecified atom stereocenters. The van der Waals surface area contributed by atoms with E-state index in [2.05, 4.69) is 10.0 Å². The third kappa shape index (κ3) is 5.74. The third-order valence-corrected chi connectivity index (χ3v) is 6.97. The Morgan fingerprint density at radius 2 is 1.49 bits per heavy atom. The van der Waals surface area contributed by atoms with E-state index in [9.17, 15) is 18.0 Å². The molecule has 1 amide bonds. The molecule has 35 heavy (non-hydrogen) atoms. The van der Waals surface area contributed by atoms with Gasteiger partial charge in [-0.2, -0.15) is 0 Å². The number of carbonyl (C=O) groups excluding carboxylic acids is 1. The summed E-state index contributed by atoms with van der Waals surface area (Å²) in [7, 11) is -3.96. The van der Waals surface area contributed by atoms with Crippen LogP contribution in [0.5, 0.6) is 0 Å². The number of benzene rings is 4. The van der Waals surface area contributed by atoms with Gasteiger partial charge in [0.15, 0.2) is 0 Å². The van der Waals surface area contributed by atoms with Crippen molar-refractivity contribution in [3.8, 4) is 0 Å². The lowest BCUT2D eigenvalue weighted by Crippen LogP contribution is -2.22. The highest BCUT2D eigenvalue weighted by molar-refractivity contribution is 7.92. The van der Waals surface area contributed by atoms with Crippen LogP contribution >= 0.6 is 23.2 Å². The summed E-state index contributed by atoms with van der Waals surface area (Å²) in [5, 5.41) is 13.4. The molecule has 0 saturated carbocycles. The number of amides is 1. The number of hydrogen-bond acceptors (Lipinski definition) is 4. The molecule has 0 heterocycles. The average Bonchev–Trinajstić information content (AvgIpc) is 2.82. The highest BCUT2D eigenvalue weighted by atomic mass is 35.5. The number of carbonyl (C=O) groups is 2. The highest BCUT2D eigenvalue weighted by Crippen LogP contribution is 2.29. The van der Waals surface area contributed by atoms with Gasteiger partial charge in [0.2, 0.25) is 0 Å². The van der Waals surface area contributed by atoms with Gasteiger partial charge >= 0.3 is 5.97 Å². The Balaban J connectivity index is 1.53. The molecule has 4 aromatic rings. The number of aromatic carboxylic acids is 1. The lowest BCUT2D eigenvalue weighted by molar-refractivity contribution is 0.0696. The fourth-order valence-electron chi connectivity index (χ4n) is 3.45. The van der Waals surface area contributed by atoms with Crippen LogP contribution in [0.4, 0.5) is 5.69 Å². The van der Waals surface area contributed by atoms with Crippen LogP contribution in [0.15, 0.2) is 83.8 Å². The molecule has 0 saturated heterocycles. The minimum Gasteiger partial charge on any atom is -0.478 e. The number of carboxylic acid groups (broad SMARTS) is 1. The fraction of sp³-hybridized carbons (Fsp3) is 0.0400. The predicted molar refractivity (Wildman–Crippen MR) is 136 cm³/mol. The molecule has 178 valence electrons. The van der Waals surface area contributed by atoms with Crippen molar-refractivity contribution >= 4 is 61.6 Å². The van der Waals surface area contributed by atoms with Crippen LogP contribution in [-0.4, -0.2) is 25.4 Å². The Kier molecular flexibility index (Phi) is 6.98. The van der Waals surface area contributed by atoms with E-state index in [-0.39, 0.29) is 33.0 Å². The average molecular weight is 529 g/mol. The van der Waals surface area contributed by atoms with E-state index in [1.165, 1.54) is 30.3 Å². The molecule has 0 aliphatic heterocycles. The maximum Gasteiger partial charge on any atom is 0.335 e. The van der Waals surface area contributed by atoms with Crippen LogP contribution < -0.4 is 10.0 Å². The van der Waals surface area contributed by atoms with Gasteiger partial charge in [-0.15, -0.1) is 0 Å². The third-order valence-electron chi connectivity index (χ3n) is 5.19. The van der Waals surface area contributed by atoms with Crippen molar-refractivity contribution in [3.05, 3.63) is 106 Å². The van der Waals surface area contributed by atoms with Crippen molar-refractivity contribution in [2.24, 2.45) is 0 Å². The van der Waals surface area contributed by atoms with Crippen molar-refractivity contribution in [3.63, 3.8) is 0 Å². The lowest BCUT2D eigenvalue weighted by Gasteiger charge is -2.12. The first-order valence-corrected chi connectivity index (χ1v) is 12.5. The molecular formula is C25H18Cl2N2O5S. The van der Waals surface area contributed by atoms with Crippen molar-refractivity contribution in [2.45, 2.75) is 11.4 Å². The Hall–Kier alpha value is -3.59. The molecule has 0 spiro atoms. The minimum absolute atomic E-state index is 0.0700. The van der Waals surface area contributed by atoms with Gasteiger partial charge in [0, 0.05) is 27.5 Å². The zero-order chi connectivity index (χ0) is 25.2. The van der Waals surface area contributed by atoms with E-state index < -0.39 is 16.0 Å². The van der Waals surface area contributed by atoms with E-state index in [0.717, 1.165) is 5.56 Å². The Morgan fingerprint density at radius 3 is 2.14 bits per heavy atom. The van der Waals surface area contributed by atoms with Crippen molar-refractivity contribution in [1.82, 2.24) is 5.32 Å². The van der Waals surface area contributed by atoms with E-state index in [0.29, 0.717) is 22.0 Å². The number of hydrogen-bond donors (Lipinski definition) is 3. The van der Waals surface area contributed by atoms with Gasteiger partial charge in [0.25, 0.3) is 15.9 Å². The normalized spacial score (nSPS) is 11.3. The summed E-state index contributed by atoms with van der Waals surface area (Å²) in [5.41, 5.74) is 1.65. The second kappa shape index (κ2) is 9.95. The van der Waals surface area contributed by atoms with Crippen molar-refractivity contribution < 1.29 is 23.1 Å². The molecule has 7 nitrogen and oxygen atoms in total. The first-order valence-electron chi connectivity index (χ1n) is 10.2. The molecular weight excluding hydrogens is 511 g/mol. The summed E-state index contributed by atoms with van der Waals surface area (Å²) < 4.78 is 28.3. The summed E-state index contributed by atoms with van der Waals surface area (Å²) in [4.78, 5) is 23.5. The van der Waals surface area contributed by atoms with Crippen LogP contribution in [0.25, 0.3) is 10.8 Å². The number of nitrogens with one attached hydrogen (secondary N) is 2. The van der Waals surface area contributed by atoms with Crippen LogP contribution in [0.3, 0.4) is 0 Å². The molecule has 0 aromatic heterocycles. The molecule has 0 aliphatic carbocycles.